The van der Waals surface area contributed by atoms with E-state index in [9.17, 15) is 27.9 Å². The number of thiophene rings is 1. The molecule has 0 unspecified atom stereocenters. The van der Waals surface area contributed by atoms with E-state index in [0.717, 1.165) is 27.1 Å². The zero-order valence-electron chi connectivity index (χ0n) is 19.8. The Labute approximate surface area is 226 Å². The fourth-order valence-electron chi connectivity index (χ4n) is 4.10. The fourth-order valence-corrected chi connectivity index (χ4v) is 8.95. The van der Waals surface area contributed by atoms with Gasteiger partial charge in [-0.3, -0.25) is 14.5 Å². The van der Waals surface area contributed by atoms with Crippen LogP contribution in [-0.4, -0.2) is 64.2 Å². The monoisotopic (exact) mass is 580 g/mol. The lowest BCUT2D eigenvalue weighted by Gasteiger charge is -2.49. The number of hydrogen-bond acceptors (Lipinski definition) is 10. The van der Waals surface area contributed by atoms with E-state index in [4.69, 9.17) is 5.84 Å². The summed E-state index contributed by atoms with van der Waals surface area (Å²) in [6.07, 6.45) is 0.0998. The Balaban J connectivity index is 1.66. The van der Waals surface area contributed by atoms with Crippen LogP contribution >= 0.6 is 34.9 Å². The van der Waals surface area contributed by atoms with E-state index < -0.39 is 43.9 Å². The summed E-state index contributed by atoms with van der Waals surface area (Å²) in [5, 5.41) is 16.7. The molecule has 3 heterocycles. The third-order valence-electron chi connectivity index (χ3n) is 5.72. The van der Waals surface area contributed by atoms with Crippen molar-refractivity contribution in [1.29, 1.82) is 0 Å². The molecule has 37 heavy (non-hydrogen) atoms. The molecule has 4 rings (SSSR count). The van der Waals surface area contributed by atoms with E-state index in [1.807, 2.05) is 25.3 Å². The van der Waals surface area contributed by atoms with Crippen LogP contribution in [0.25, 0.3) is 0 Å². The van der Waals surface area contributed by atoms with Crippen LogP contribution in [0.3, 0.4) is 0 Å². The van der Waals surface area contributed by atoms with E-state index in [1.165, 1.54) is 29.2 Å². The SMILES string of the molecule is CCSc1cc(C)ccc1S(=O)(=O)/C(=N\N)C1=C(C(=O)O)N2C(=O)[C@@H](NC(=O)Cc3cccs3)[C@H]2SC1. The molecule has 2 aliphatic rings. The number of rotatable bonds is 8. The first kappa shape index (κ1) is 27.2. The Morgan fingerprint density at radius 3 is 2.70 bits per heavy atom. The number of hydrazone groups is 1. The number of benzene rings is 1. The minimum absolute atomic E-state index is 0.0350. The predicted molar refractivity (Wildman–Crippen MR) is 144 cm³/mol. The molecule has 0 radical (unpaired) electrons. The van der Waals surface area contributed by atoms with Gasteiger partial charge in [-0.2, -0.15) is 5.10 Å². The van der Waals surface area contributed by atoms with Crippen molar-refractivity contribution in [2.75, 3.05) is 11.5 Å². The van der Waals surface area contributed by atoms with Gasteiger partial charge in [0.2, 0.25) is 15.7 Å². The Hall–Kier alpha value is -2.81. The number of nitrogens with zero attached hydrogens (tertiary/aromatic N) is 2. The Kier molecular flexibility index (Phi) is 8.02. The van der Waals surface area contributed by atoms with Gasteiger partial charge in [-0.25, -0.2) is 13.2 Å². The van der Waals surface area contributed by atoms with E-state index in [0.29, 0.717) is 10.6 Å². The first-order chi connectivity index (χ1) is 17.6. The summed E-state index contributed by atoms with van der Waals surface area (Å²) in [5.74, 6) is 3.59. The summed E-state index contributed by atoms with van der Waals surface area (Å²) < 4.78 is 27.3. The molecule has 196 valence electrons. The minimum Gasteiger partial charge on any atom is -0.477 e. The molecule has 1 aromatic heterocycles. The van der Waals surface area contributed by atoms with Crippen LogP contribution in [0, 0.1) is 6.92 Å². The van der Waals surface area contributed by atoms with Gasteiger partial charge in [0.05, 0.1) is 11.3 Å². The number of sulfone groups is 1. The molecule has 0 spiro atoms. The van der Waals surface area contributed by atoms with Crippen LogP contribution in [0.2, 0.25) is 0 Å². The second-order valence-electron chi connectivity index (χ2n) is 8.16. The maximum Gasteiger partial charge on any atom is 0.353 e. The first-order valence-electron chi connectivity index (χ1n) is 11.1. The highest BCUT2D eigenvalue weighted by molar-refractivity contribution is 8.08. The molecule has 2 atom stereocenters. The summed E-state index contributed by atoms with van der Waals surface area (Å²) >= 11 is 3.88. The molecule has 0 bridgehead atoms. The molecule has 14 heteroatoms. The molecule has 2 aromatic rings. The van der Waals surface area contributed by atoms with Crippen molar-refractivity contribution >= 4 is 67.5 Å². The second-order valence-corrected chi connectivity index (χ2v) is 13.4. The van der Waals surface area contributed by atoms with Crippen molar-refractivity contribution in [2.24, 2.45) is 10.9 Å². The Morgan fingerprint density at radius 2 is 2.08 bits per heavy atom. The highest BCUT2D eigenvalue weighted by Gasteiger charge is 2.55. The predicted octanol–water partition coefficient (Wildman–Crippen LogP) is 2.20. The van der Waals surface area contributed by atoms with E-state index in [-0.39, 0.29) is 28.5 Å². The highest BCUT2D eigenvalue weighted by atomic mass is 32.2. The number of carbonyl (C=O) groups excluding carboxylic acids is 2. The van der Waals surface area contributed by atoms with E-state index >= 15 is 0 Å². The van der Waals surface area contributed by atoms with Crippen molar-refractivity contribution in [3.63, 3.8) is 0 Å². The number of nitrogens with one attached hydrogen (secondary N) is 1. The van der Waals surface area contributed by atoms with Gasteiger partial charge in [-0.15, -0.1) is 34.9 Å². The molecule has 1 saturated heterocycles. The Morgan fingerprint density at radius 1 is 1.32 bits per heavy atom. The number of aryl methyl sites for hydroxylation is 1. The van der Waals surface area contributed by atoms with Crippen molar-refractivity contribution in [3.8, 4) is 0 Å². The maximum absolute atomic E-state index is 13.7. The molecule has 1 fully saturated rings. The number of hydrogen-bond donors (Lipinski definition) is 3. The lowest BCUT2D eigenvalue weighted by molar-refractivity contribution is -0.150. The molecule has 1 aromatic carbocycles. The van der Waals surface area contributed by atoms with Gasteiger partial charge in [0, 0.05) is 21.1 Å². The number of carbonyl (C=O) groups is 3. The number of carboxylic acid groups (broad SMARTS) is 1. The van der Waals surface area contributed by atoms with Crippen LogP contribution < -0.4 is 11.2 Å². The smallest absolute Gasteiger partial charge is 0.353 e. The number of nitrogens with two attached hydrogens (primary N) is 1. The standard InChI is InChI=1S/C23H24N4O6S4/c1-3-34-15-9-12(2)6-7-16(15)37(32,33)20(26-24)14-11-36-22-18(21(29)27(22)19(14)23(30)31)25-17(28)10-13-5-4-8-35-13/h4-9,18,22H,3,10-11,24H2,1-2H3,(H,25,28)(H,30,31)/b26-20-/t18-,22-/m1/s1. The Bertz CT molecular complexity index is 1420. The summed E-state index contributed by atoms with van der Waals surface area (Å²) in [4.78, 5) is 40.0. The molecular weight excluding hydrogens is 557 g/mol. The van der Waals surface area contributed by atoms with Crippen LogP contribution in [0.5, 0.6) is 0 Å². The fraction of sp³-hybridized carbons (Fsp3) is 0.304. The number of fused-ring (bicyclic) bond motifs is 1. The molecule has 0 aliphatic carbocycles. The number of carboxylic acids is 1. The summed E-state index contributed by atoms with van der Waals surface area (Å²) in [5.41, 5.74) is 0.198. The van der Waals surface area contributed by atoms with Crippen molar-refractivity contribution in [2.45, 2.75) is 41.5 Å². The number of thioether (sulfide) groups is 2. The van der Waals surface area contributed by atoms with Gasteiger partial charge < -0.3 is 16.3 Å². The minimum atomic E-state index is -4.32. The van der Waals surface area contributed by atoms with Crippen molar-refractivity contribution in [1.82, 2.24) is 10.2 Å². The van der Waals surface area contributed by atoms with Crippen LogP contribution in [0.4, 0.5) is 0 Å². The lowest BCUT2D eigenvalue weighted by atomic mass is 10.0. The zero-order valence-corrected chi connectivity index (χ0v) is 23.1. The van der Waals surface area contributed by atoms with Crippen LogP contribution in [0.15, 0.2) is 61.9 Å². The van der Waals surface area contributed by atoms with Gasteiger partial charge in [0.1, 0.15) is 17.1 Å². The molecule has 4 N–H and O–H groups in total. The average molecular weight is 581 g/mol. The van der Waals surface area contributed by atoms with Crippen molar-refractivity contribution in [3.05, 3.63) is 57.4 Å². The highest BCUT2D eigenvalue weighted by Crippen LogP contribution is 2.42. The van der Waals surface area contributed by atoms with Gasteiger partial charge in [-0.05, 0) is 41.8 Å². The molecule has 2 amide bonds. The van der Waals surface area contributed by atoms with Crippen molar-refractivity contribution < 1.29 is 27.9 Å². The molecule has 0 saturated carbocycles. The van der Waals surface area contributed by atoms with E-state index in [1.54, 1.807) is 18.2 Å². The third-order valence-corrected chi connectivity index (χ3v) is 10.7. The molecule has 2 aliphatic heterocycles. The largest absolute Gasteiger partial charge is 0.477 e. The van der Waals surface area contributed by atoms with Gasteiger partial charge in [0.25, 0.3) is 5.91 Å². The number of amides is 2. The third kappa shape index (κ3) is 5.15. The summed E-state index contributed by atoms with van der Waals surface area (Å²) in [6.45, 7) is 3.72. The molecular formula is C23H24N4O6S4. The zero-order chi connectivity index (χ0) is 26.9. The maximum atomic E-state index is 13.7. The topological polar surface area (TPSA) is 159 Å². The lowest BCUT2D eigenvalue weighted by Crippen LogP contribution is -2.70. The first-order valence-corrected chi connectivity index (χ1v) is 15.5. The number of aliphatic carboxylic acids is 1. The van der Waals surface area contributed by atoms with Crippen LogP contribution in [-0.2, 0) is 30.6 Å². The van der Waals surface area contributed by atoms with Gasteiger partial charge in [-0.1, -0.05) is 19.1 Å². The van der Waals surface area contributed by atoms with E-state index in [2.05, 4.69) is 10.4 Å². The van der Waals surface area contributed by atoms with Gasteiger partial charge >= 0.3 is 5.97 Å². The average Bonchev–Trinajstić information content (AvgIpc) is 3.35. The van der Waals surface area contributed by atoms with Crippen LogP contribution in [0.1, 0.15) is 17.4 Å². The quantitative estimate of drug-likeness (QED) is 0.106. The number of β-lactam (4-membered cyclic amide) rings is 1. The normalized spacial score (nSPS) is 19.9. The molecule has 10 nitrogen and oxygen atoms in total. The second kappa shape index (κ2) is 10.9. The summed E-state index contributed by atoms with van der Waals surface area (Å²) in [6, 6.07) is 7.52. The van der Waals surface area contributed by atoms with Gasteiger partial charge in [0.15, 0.2) is 5.04 Å². The summed E-state index contributed by atoms with van der Waals surface area (Å²) in [7, 11) is -4.32.